The third-order valence-corrected chi connectivity index (χ3v) is 7.98. The number of halogens is 1. The highest BCUT2D eigenvalue weighted by atomic mass is 79.9. The minimum absolute atomic E-state index is 0.131. The lowest BCUT2D eigenvalue weighted by molar-refractivity contribution is 0.442. The van der Waals surface area contributed by atoms with Crippen LogP contribution >= 0.6 is 27.3 Å². The molecular weight excluding hydrogens is 532 g/mol. The first-order chi connectivity index (χ1) is 16.8. The number of hydrogen-bond acceptors (Lipinski definition) is 7. The van der Waals surface area contributed by atoms with E-state index in [1.807, 2.05) is 26.0 Å². The van der Waals surface area contributed by atoms with E-state index in [2.05, 4.69) is 15.9 Å². The maximum absolute atomic E-state index is 13.2. The van der Waals surface area contributed by atoms with E-state index in [1.165, 1.54) is 11.3 Å². The number of rotatable bonds is 5. The van der Waals surface area contributed by atoms with Gasteiger partial charge in [0.15, 0.2) is 0 Å². The van der Waals surface area contributed by atoms with E-state index in [4.69, 9.17) is 8.83 Å². The molecule has 0 unspecified atom stereocenters. The first kappa shape index (κ1) is 23.4. The molecule has 8 heteroatoms. The number of benzene rings is 2. The SMILES string of the molecule is CCc1ccc2oc(=O)c(C(c3cc(Br)cs3)c3c(O)c4cc(CC)ccc4oc3=O)c(O)c2c1. The molecule has 0 amide bonds. The molecule has 0 spiro atoms. The van der Waals surface area contributed by atoms with Crippen LogP contribution in [-0.2, 0) is 12.8 Å². The molecule has 0 atom stereocenters. The summed E-state index contributed by atoms with van der Waals surface area (Å²) in [5, 5.41) is 25.2. The molecule has 0 radical (unpaired) electrons. The number of aryl methyl sites for hydroxylation is 2. The van der Waals surface area contributed by atoms with Gasteiger partial charge in [-0.15, -0.1) is 11.3 Å². The molecule has 0 aliphatic rings. The van der Waals surface area contributed by atoms with Crippen LogP contribution in [0.1, 0.15) is 46.9 Å². The summed E-state index contributed by atoms with van der Waals surface area (Å²) in [6.07, 6.45) is 1.44. The summed E-state index contributed by atoms with van der Waals surface area (Å²) in [6, 6.07) is 12.2. The van der Waals surface area contributed by atoms with Gasteiger partial charge in [0.05, 0.1) is 27.8 Å². The quantitative estimate of drug-likeness (QED) is 0.243. The monoisotopic (exact) mass is 552 g/mol. The molecule has 0 saturated heterocycles. The summed E-state index contributed by atoms with van der Waals surface area (Å²) in [5.41, 5.74) is 0.516. The lowest BCUT2D eigenvalue weighted by Crippen LogP contribution is -2.20. The van der Waals surface area contributed by atoms with Crippen molar-refractivity contribution in [3.8, 4) is 11.5 Å². The van der Waals surface area contributed by atoms with E-state index in [0.29, 0.717) is 15.6 Å². The Balaban J connectivity index is 1.88. The van der Waals surface area contributed by atoms with Gasteiger partial charge in [-0.2, -0.15) is 0 Å². The first-order valence-corrected chi connectivity index (χ1v) is 12.8. The highest BCUT2D eigenvalue weighted by Gasteiger charge is 2.33. The van der Waals surface area contributed by atoms with Crippen molar-refractivity contribution in [2.24, 2.45) is 0 Å². The van der Waals surface area contributed by atoms with Gasteiger partial charge in [-0.05, 0) is 70.2 Å². The van der Waals surface area contributed by atoms with Gasteiger partial charge < -0.3 is 19.0 Å². The van der Waals surface area contributed by atoms with Gasteiger partial charge in [0, 0.05) is 14.7 Å². The predicted octanol–water partition coefficient (Wildman–Crippen LogP) is 6.44. The Bertz CT molecular complexity index is 1600. The number of hydrogen-bond donors (Lipinski definition) is 2. The highest BCUT2D eigenvalue weighted by Crippen LogP contribution is 2.44. The van der Waals surface area contributed by atoms with E-state index >= 15 is 0 Å². The van der Waals surface area contributed by atoms with Crippen LogP contribution in [-0.4, -0.2) is 10.2 Å². The van der Waals surface area contributed by atoms with Crippen molar-refractivity contribution in [3.05, 3.63) is 100 Å². The molecule has 5 rings (SSSR count). The Morgan fingerprint density at radius 2 is 1.31 bits per heavy atom. The molecule has 0 aliphatic heterocycles. The van der Waals surface area contributed by atoms with Gasteiger partial charge in [-0.3, -0.25) is 0 Å². The van der Waals surface area contributed by atoms with Gasteiger partial charge in [0.2, 0.25) is 0 Å². The summed E-state index contributed by atoms with van der Waals surface area (Å²) >= 11 is 4.70. The minimum atomic E-state index is -1.11. The molecule has 3 aromatic heterocycles. The summed E-state index contributed by atoms with van der Waals surface area (Å²) in [6.45, 7) is 3.96. The van der Waals surface area contributed by atoms with Crippen molar-refractivity contribution in [2.45, 2.75) is 32.6 Å². The molecule has 5 aromatic rings. The number of aromatic hydroxyl groups is 2. The van der Waals surface area contributed by atoms with Crippen molar-refractivity contribution < 1.29 is 19.0 Å². The van der Waals surface area contributed by atoms with E-state index in [1.54, 1.807) is 35.7 Å². The molecule has 2 N–H and O–H groups in total. The van der Waals surface area contributed by atoms with Gasteiger partial charge in [-0.25, -0.2) is 9.59 Å². The summed E-state index contributed by atoms with van der Waals surface area (Å²) < 4.78 is 11.9. The van der Waals surface area contributed by atoms with Crippen molar-refractivity contribution >= 4 is 49.2 Å². The van der Waals surface area contributed by atoms with E-state index in [-0.39, 0.29) is 33.8 Å². The second-order valence-electron chi connectivity index (χ2n) is 8.27. The van der Waals surface area contributed by atoms with E-state index in [0.717, 1.165) is 28.4 Å². The molecule has 6 nitrogen and oxygen atoms in total. The Kier molecular flexibility index (Phi) is 6.02. The molecule has 0 aliphatic carbocycles. The fraction of sp³-hybridized carbons (Fsp3) is 0.185. The molecule has 0 fully saturated rings. The lowest BCUT2D eigenvalue weighted by atomic mass is 9.89. The second-order valence-corrected chi connectivity index (χ2v) is 10.1. The van der Waals surface area contributed by atoms with Crippen LogP contribution in [0.25, 0.3) is 21.9 Å². The largest absolute Gasteiger partial charge is 0.507 e. The summed E-state index contributed by atoms with van der Waals surface area (Å²) in [7, 11) is 0. The average Bonchev–Trinajstić information content (AvgIpc) is 3.28. The Hall–Kier alpha value is -3.36. The third-order valence-electron chi connectivity index (χ3n) is 6.22. The highest BCUT2D eigenvalue weighted by molar-refractivity contribution is 9.10. The predicted molar refractivity (Wildman–Crippen MR) is 140 cm³/mol. The number of fused-ring (bicyclic) bond motifs is 2. The van der Waals surface area contributed by atoms with Gasteiger partial charge in [0.25, 0.3) is 0 Å². The van der Waals surface area contributed by atoms with Crippen molar-refractivity contribution in [2.75, 3.05) is 0 Å². The first-order valence-electron chi connectivity index (χ1n) is 11.1. The maximum Gasteiger partial charge on any atom is 0.344 e. The Labute approximate surface area is 212 Å². The second kappa shape index (κ2) is 9.02. The molecular formula is C27H21BrO6S. The van der Waals surface area contributed by atoms with Crippen LogP contribution in [0.4, 0.5) is 0 Å². The smallest absolute Gasteiger partial charge is 0.344 e. The van der Waals surface area contributed by atoms with E-state index < -0.39 is 17.2 Å². The van der Waals surface area contributed by atoms with E-state index in [9.17, 15) is 19.8 Å². The van der Waals surface area contributed by atoms with Crippen LogP contribution in [0.2, 0.25) is 0 Å². The van der Waals surface area contributed by atoms with Crippen molar-refractivity contribution in [1.29, 1.82) is 0 Å². The topological polar surface area (TPSA) is 101 Å². The standard InChI is InChI=1S/C27H21BrO6S/c1-3-13-5-7-18-16(9-13)24(29)22(26(31)33-18)21(20-11-15(28)12-35-20)23-25(30)17-10-14(4-2)6-8-19(17)34-27(23)32/h5-12,21,29-30H,3-4H2,1-2H3. The maximum atomic E-state index is 13.2. The van der Waals surface area contributed by atoms with Crippen molar-refractivity contribution in [1.82, 2.24) is 0 Å². The zero-order chi connectivity index (χ0) is 24.9. The zero-order valence-electron chi connectivity index (χ0n) is 18.9. The summed E-state index contributed by atoms with van der Waals surface area (Å²) in [4.78, 5) is 27.0. The van der Waals surface area contributed by atoms with Gasteiger partial charge >= 0.3 is 11.3 Å². The molecule has 2 aromatic carbocycles. The van der Waals surface area contributed by atoms with Crippen LogP contribution < -0.4 is 11.3 Å². The molecule has 3 heterocycles. The van der Waals surface area contributed by atoms with Crippen LogP contribution in [0.15, 0.2) is 70.7 Å². The lowest BCUT2D eigenvalue weighted by Gasteiger charge is -2.18. The van der Waals surface area contributed by atoms with Gasteiger partial charge in [0.1, 0.15) is 22.7 Å². The van der Waals surface area contributed by atoms with Crippen LogP contribution in [0.5, 0.6) is 11.5 Å². The molecule has 178 valence electrons. The fourth-order valence-electron chi connectivity index (χ4n) is 4.35. The fourth-order valence-corrected chi connectivity index (χ4v) is 5.92. The van der Waals surface area contributed by atoms with Gasteiger partial charge in [-0.1, -0.05) is 26.0 Å². The normalized spacial score (nSPS) is 11.7. The van der Waals surface area contributed by atoms with Crippen LogP contribution in [0.3, 0.4) is 0 Å². The van der Waals surface area contributed by atoms with Crippen LogP contribution in [0, 0.1) is 0 Å². The van der Waals surface area contributed by atoms with Crippen molar-refractivity contribution in [3.63, 3.8) is 0 Å². The zero-order valence-corrected chi connectivity index (χ0v) is 21.3. The number of thiophene rings is 1. The summed E-state index contributed by atoms with van der Waals surface area (Å²) in [5.74, 6) is -1.69. The minimum Gasteiger partial charge on any atom is -0.507 e. The molecule has 0 saturated carbocycles. The average molecular weight is 553 g/mol. The Morgan fingerprint density at radius 1 is 0.829 bits per heavy atom. The molecule has 35 heavy (non-hydrogen) atoms. The third kappa shape index (κ3) is 3.96. The molecule has 0 bridgehead atoms. The Morgan fingerprint density at radius 3 is 1.71 bits per heavy atom.